The van der Waals surface area contributed by atoms with Gasteiger partial charge in [0, 0.05) is 24.1 Å². The molecule has 4 rings (SSSR count). The van der Waals surface area contributed by atoms with E-state index in [4.69, 9.17) is 4.52 Å². The minimum absolute atomic E-state index is 0.211. The second kappa shape index (κ2) is 5.48. The zero-order chi connectivity index (χ0) is 16.7. The van der Waals surface area contributed by atoms with Crippen LogP contribution in [0.1, 0.15) is 25.6 Å². The Labute approximate surface area is 137 Å². The number of hydrogen-bond donors (Lipinski definition) is 0. The highest BCUT2D eigenvalue weighted by Gasteiger charge is 2.18. The first-order valence-corrected chi connectivity index (χ1v) is 7.59. The van der Waals surface area contributed by atoms with Crippen LogP contribution in [0.3, 0.4) is 0 Å². The molecule has 120 valence electrons. The van der Waals surface area contributed by atoms with E-state index in [1.54, 1.807) is 24.8 Å². The average molecular weight is 321 g/mol. The monoisotopic (exact) mass is 321 g/mol. The van der Waals surface area contributed by atoms with Crippen molar-refractivity contribution >= 4 is 11.0 Å². The normalized spacial score (nSPS) is 11.5. The topological polar surface area (TPSA) is 95.4 Å². The van der Waals surface area contributed by atoms with Crippen molar-refractivity contribution in [2.45, 2.75) is 26.8 Å². The summed E-state index contributed by atoms with van der Waals surface area (Å²) in [5.74, 6) is 0.812. The molecule has 0 radical (unpaired) electrons. The van der Waals surface area contributed by atoms with Crippen LogP contribution in [0.25, 0.3) is 34.0 Å². The molecule has 0 N–H and O–H groups in total. The molecule has 24 heavy (non-hydrogen) atoms. The summed E-state index contributed by atoms with van der Waals surface area (Å²) in [6, 6.07) is 2.13. The zero-order valence-corrected chi connectivity index (χ0v) is 13.5. The molecule has 4 aromatic heterocycles. The number of aryl methyl sites for hydroxylation is 1. The summed E-state index contributed by atoms with van der Waals surface area (Å²) in [4.78, 5) is 17.3. The van der Waals surface area contributed by atoms with E-state index in [-0.39, 0.29) is 6.04 Å². The Kier molecular flexibility index (Phi) is 3.30. The van der Waals surface area contributed by atoms with E-state index in [1.165, 1.54) is 0 Å². The molecule has 0 fully saturated rings. The van der Waals surface area contributed by atoms with Crippen LogP contribution in [-0.2, 0) is 0 Å². The van der Waals surface area contributed by atoms with E-state index in [0.29, 0.717) is 17.4 Å². The van der Waals surface area contributed by atoms with Gasteiger partial charge in [-0.2, -0.15) is 10.1 Å². The van der Waals surface area contributed by atoms with Gasteiger partial charge < -0.3 is 4.52 Å². The van der Waals surface area contributed by atoms with Gasteiger partial charge in [0.05, 0.1) is 23.3 Å². The van der Waals surface area contributed by atoms with Gasteiger partial charge >= 0.3 is 0 Å². The summed E-state index contributed by atoms with van der Waals surface area (Å²) in [6.45, 7) is 6.06. The van der Waals surface area contributed by atoms with Crippen LogP contribution in [0.2, 0.25) is 0 Å². The van der Waals surface area contributed by atoms with Crippen LogP contribution in [0, 0.1) is 6.92 Å². The molecular weight excluding hydrogens is 306 g/mol. The third kappa shape index (κ3) is 2.32. The number of hydrogen-bond acceptors (Lipinski definition) is 7. The van der Waals surface area contributed by atoms with E-state index in [9.17, 15) is 0 Å². The first kappa shape index (κ1) is 14.4. The van der Waals surface area contributed by atoms with E-state index in [1.807, 2.05) is 17.7 Å². The van der Waals surface area contributed by atoms with Crippen molar-refractivity contribution in [2.24, 2.45) is 0 Å². The smallest absolute Gasteiger partial charge is 0.259 e. The summed E-state index contributed by atoms with van der Waals surface area (Å²) in [7, 11) is 0. The van der Waals surface area contributed by atoms with Gasteiger partial charge in [0.2, 0.25) is 5.82 Å². The highest BCUT2D eigenvalue weighted by atomic mass is 16.5. The fraction of sp³-hybridized carbons (Fsp3) is 0.250. The fourth-order valence-corrected chi connectivity index (χ4v) is 2.55. The Morgan fingerprint density at radius 3 is 2.75 bits per heavy atom. The van der Waals surface area contributed by atoms with E-state index in [0.717, 1.165) is 22.3 Å². The number of nitrogens with zero attached hydrogens (tertiary/aromatic N) is 7. The Bertz CT molecular complexity index is 1000. The van der Waals surface area contributed by atoms with E-state index >= 15 is 0 Å². The molecule has 0 saturated carbocycles. The van der Waals surface area contributed by atoms with Crippen molar-refractivity contribution in [3.8, 4) is 23.0 Å². The average Bonchev–Trinajstić information content (AvgIpc) is 3.22. The maximum atomic E-state index is 5.44. The first-order chi connectivity index (χ1) is 11.6. The zero-order valence-electron chi connectivity index (χ0n) is 13.5. The molecule has 0 spiro atoms. The van der Waals surface area contributed by atoms with Gasteiger partial charge in [-0.15, -0.1) is 0 Å². The fourth-order valence-electron chi connectivity index (χ4n) is 2.55. The van der Waals surface area contributed by atoms with Crippen molar-refractivity contribution in [2.75, 3.05) is 0 Å². The largest absolute Gasteiger partial charge is 0.334 e. The van der Waals surface area contributed by atoms with Crippen molar-refractivity contribution in [3.63, 3.8) is 0 Å². The summed E-state index contributed by atoms with van der Waals surface area (Å²) in [5, 5.41) is 9.31. The Balaban J connectivity index is 1.87. The van der Waals surface area contributed by atoms with Crippen LogP contribution in [0.15, 0.2) is 35.4 Å². The Morgan fingerprint density at radius 2 is 2.00 bits per heavy atom. The molecule has 0 aliphatic rings. The molecule has 0 unspecified atom stereocenters. The highest BCUT2D eigenvalue weighted by Crippen LogP contribution is 2.29. The van der Waals surface area contributed by atoms with Crippen LogP contribution in [-0.4, -0.2) is 34.9 Å². The lowest BCUT2D eigenvalue weighted by atomic mass is 10.1. The second-order valence-electron chi connectivity index (χ2n) is 5.75. The maximum absolute atomic E-state index is 5.44. The Hall–Kier alpha value is -3.16. The molecule has 0 aliphatic carbocycles. The van der Waals surface area contributed by atoms with Gasteiger partial charge in [0.15, 0.2) is 5.65 Å². The van der Waals surface area contributed by atoms with Crippen molar-refractivity contribution in [1.82, 2.24) is 34.9 Å². The van der Waals surface area contributed by atoms with Crippen LogP contribution < -0.4 is 0 Å². The molecule has 0 atom stereocenters. The number of aromatic nitrogens is 7. The van der Waals surface area contributed by atoms with Gasteiger partial charge in [-0.1, -0.05) is 5.16 Å². The molecule has 4 heterocycles. The molecule has 8 nitrogen and oxygen atoms in total. The number of rotatable bonds is 3. The molecule has 4 aromatic rings. The maximum Gasteiger partial charge on any atom is 0.259 e. The minimum atomic E-state index is 0.211. The Morgan fingerprint density at radius 1 is 1.12 bits per heavy atom. The lowest BCUT2D eigenvalue weighted by molar-refractivity contribution is 0.432. The molecule has 0 bridgehead atoms. The van der Waals surface area contributed by atoms with Gasteiger partial charge in [0.1, 0.15) is 5.69 Å². The molecule has 0 amide bonds. The second-order valence-corrected chi connectivity index (χ2v) is 5.75. The van der Waals surface area contributed by atoms with Gasteiger partial charge in [-0.3, -0.25) is 4.98 Å². The number of fused-ring (bicyclic) bond motifs is 1. The summed E-state index contributed by atoms with van der Waals surface area (Å²) in [6.07, 6.45) is 6.56. The van der Waals surface area contributed by atoms with Gasteiger partial charge in [-0.25, -0.2) is 14.6 Å². The summed E-state index contributed by atoms with van der Waals surface area (Å²) >= 11 is 0. The van der Waals surface area contributed by atoms with Crippen molar-refractivity contribution in [1.29, 1.82) is 0 Å². The standard InChI is InChI=1S/C16H15N7O/c1-9(2)23-15-12(7-19-23)11(6-10(3)20-15)16-21-14(22-24-16)13-8-17-4-5-18-13/h4-9H,1-3H3. The predicted molar refractivity (Wildman–Crippen MR) is 87.0 cm³/mol. The van der Waals surface area contributed by atoms with Crippen LogP contribution in [0.4, 0.5) is 0 Å². The van der Waals surface area contributed by atoms with Crippen molar-refractivity contribution < 1.29 is 4.52 Å². The first-order valence-electron chi connectivity index (χ1n) is 7.59. The summed E-state index contributed by atoms with van der Waals surface area (Å²) in [5.41, 5.74) is 3.04. The predicted octanol–water partition coefficient (Wildman–Crippen LogP) is 2.83. The molecule has 8 heteroatoms. The lowest BCUT2D eigenvalue weighted by Gasteiger charge is -2.07. The molecule has 0 aromatic carbocycles. The van der Waals surface area contributed by atoms with Gasteiger partial charge in [-0.05, 0) is 26.8 Å². The van der Waals surface area contributed by atoms with E-state index < -0.39 is 0 Å². The molecular formula is C16H15N7O. The third-order valence-corrected chi connectivity index (χ3v) is 3.63. The quantitative estimate of drug-likeness (QED) is 0.572. The number of pyridine rings is 1. The highest BCUT2D eigenvalue weighted by molar-refractivity contribution is 5.90. The lowest BCUT2D eigenvalue weighted by Crippen LogP contribution is -2.03. The minimum Gasteiger partial charge on any atom is -0.334 e. The van der Waals surface area contributed by atoms with Gasteiger partial charge in [0.25, 0.3) is 5.89 Å². The third-order valence-electron chi connectivity index (χ3n) is 3.63. The SMILES string of the molecule is Cc1cc(-c2nc(-c3cnccn3)no2)c2cnn(C(C)C)c2n1. The molecule has 0 aliphatic heterocycles. The van der Waals surface area contributed by atoms with Crippen molar-refractivity contribution in [3.05, 3.63) is 36.5 Å². The van der Waals surface area contributed by atoms with Crippen LogP contribution >= 0.6 is 0 Å². The summed E-state index contributed by atoms with van der Waals surface area (Å²) < 4.78 is 7.32. The van der Waals surface area contributed by atoms with E-state index in [2.05, 4.69) is 44.0 Å². The van der Waals surface area contributed by atoms with Crippen LogP contribution in [0.5, 0.6) is 0 Å². The molecule has 0 saturated heterocycles.